The van der Waals surface area contributed by atoms with Crippen LogP contribution in [-0.4, -0.2) is 41.0 Å². The van der Waals surface area contributed by atoms with Gasteiger partial charge in [-0.1, -0.05) is 33.3 Å². The third-order valence-corrected chi connectivity index (χ3v) is 9.11. The molecule has 1 N–H and O–H groups in total. The van der Waals surface area contributed by atoms with E-state index in [9.17, 15) is 14.4 Å². The number of hydrogen-bond acceptors (Lipinski definition) is 7. The van der Waals surface area contributed by atoms with E-state index in [4.69, 9.17) is 4.74 Å². The molecule has 1 aliphatic carbocycles. The van der Waals surface area contributed by atoms with Crippen molar-refractivity contribution < 1.29 is 19.1 Å². The van der Waals surface area contributed by atoms with Gasteiger partial charge in [-0.25, -0.2) is 4.79 Å². The second-order valence-corrected chi connectivity index (χ2v) is 11.9. The molecule has 0 atom stereocenters. The van der Waals surface area contributed by atoms with E-state index in [2.05, 4.69) is 32.8 Å². The largest absolute Gasteiger partial charge is 0.465 e. The number of esters is 1. The fraction of sp³-hybridized carbons (Fsp3) is 0.333. The molecule has 11 heteroatoms. The number of hydrogen-bond donors (Lipinski definition) is 1. The maximum absolute atomic E-state index is 12.6. The Labute approximate surface area is 223 Å². The molecule has 2 heterocycles. The first kappa shape index (κ1) is 25.9. The average Bonchev–Trinajstić information content (AvgIpc) is 3.35. The van der Waals surface area contributed by atoms with Crippen molar-refractivity contribution in [1.82, 2.24) is 4.57 Å². The van der Waals surface area contributed by atoms with Crippen LogP contribution in [0.25, 0.3) is 10.2 Å². The van der Waals surface area contributed by atoms with Crippen molar-refractivity contribution in [1.29, 1.82) is 0 Å². The highest BCUT2D eigenvalue weighted by molar-refractivity contribution is 9.10. The Balaban J connectivity index is 1.41. The number of thioether (sulfide) groups is 1. The Bertz CT molecular complexity index is 1370. The summed E-state index contributed by atoms with van der Waals surface area (Å²) in [6, 6.07) is 5.92. The van der Waals surface area contributed by atoms with Gasteiger partial charge in [-0.15, -0.1) is 29.7 Å². The molecule has 0 spiro atoms. The van der Waals surface area contributed by atoms with Crippen molar-refractivity contribution >= 4 is 83.4 Å². The minimum Gasteiger partial charge on any atom is -0.465 e. The average molecular weight is 595 g/mol. The molecular formula is C24H24BrN3O4S3. The third-order valence-electron chi connectivity index (χ3n) is 5.45. The number of methoxy groups -OCH3 is 1. The van der Waals surface area contributed by atoms with Gasteiger partial charge in [0, 0.05) is 15.9 Å². The number of aryl methyl sites for hydroxylation is 1. The highest BCUT2D eigenvalue weighted by Gasteiger charge is 2.26. The summed E-state index contributed by atoms with van der Waals surface area (Å²) in [5.41, 5.74) is 2.45. The summed E-state index contributed by atoms with van der Waals surface area (Å²) in [6.07, 6.45) is 5.59. The molecule has 2 aromatic heterocycles. The van der Waals surface area contributed by atoms with Crippen LogP contribution in [0.3, 0.4) is 0 Å². The first-order valence-corrected chi connectivity index (χ1v) is 14.6. The number of anilines is 1. The van der Waals surface area contributed by atoms with Crippen molar-refractivity contribution in [3.05, 3.63) is 56.1 Å². The molecule has 184 valence electrons. The monoisotopic (exact) mass is 593 g/mol. The van der Waals surface area contributed by atoms with Crippen LogP contribution in [0.1, 0.15) is 33.6 Å². The van der Waals surface area contributed by atoms with E-state index >= 15 is 0 Å². The van der Waals surface area contributed by atoms with Crippen molar-refractivity contribution in [2.45, 2.75) is 32.2 Å². The number of fused-ring (bicyclic) bond motifs is 2. The molecule has 7 nitrogen and oxygen atoms in total. The number of amides is 2. The molecule has 0 unspecified atom stereocenters. The number of allylic oxidation sites excluding steroid dienone is 1. The number of thiazole rings is 1. The molecule has 0 radical (unpaired) electrons. The van der Waals surface area contributed by atoms with Gasteiger partial charge >= 0.3 is 5.97 Å². The number of thiophene rings is 1. The highest BCUT2D eigenvalue weighted by atomic mass is 79.9. The summed E-state index contributed by atoms with van der Waals surface area (Å²) in [5.74, 6) is -0.849. The number of aromatic nitrogens is 1. The number of carbonyl (C=O) groups excluding carboxylic acids is 3. The van der Waals surface area contributed by atoms with Crippen LogP contribution in [0.4, 0.5) is 5.00 Å². The first-order chi connectivity index (χ1) is 16.9. The maximum Gasteiger partial charge on any atom is 0.341 e. The molecule has 0 saturated carbocycles. The van der Waals surface area contributed by atoms with Gasteiger partial charge in [0.25, 0.3) is 5.91 Å². The van der Waals surface area contributed by atoms with Crippen molar-refractivity contribution in [3.63, 3.8) is 0 Å². The highest BCUT2D eigenvalue weighted by Crippen LogP contribution is 2.38. The molecule has 0 bridgehead atoms. The maximum atomic E-state index is 12.6. The Morgan fingerprint density at radius 3 is 2.83 bits per heavy atom. The zero-order valence-electron chi connectivity index (χ0n) is 19.1. The second kappa shape index (κ2) is 11.7. The fourth-order valence-corrected chi connectivity index (χ4v) is 7.44. The van der Waals surface area contributed by atoms with Gasteiger partial charge in [0.2, 0.25) is 5.91 Å². The van der Waals surface area contributed by atoms with E-state index in [1.165, 1.54) is 41.5 Å². The number of ether oxygens (including phenoxy) is 1. The predicted octanol–water partition coefficient (Wildman–Crippen LogP) is 5.18. The van der Waals surface area contributed by atoms with Gasteiger partial charge < -0.3 is 14.6 Å². The molecule has 35 heavy (non-hydrogen) atoms. The Morgan fingerprint density at radius 1 is 1.26 bits per heavy atom. The molecule has 0 saturated heterocycles. The molecule has 0 aliphatic heterocycles. The van der Waals surface area contributed by atoms with E-state index in [1.807, 2.05) is 22.8 Å². The zero-order chi connectivity index (χ0) is 24.9. The van der Waals surface area contributed by atoms with Gasteiger partial charge in [-0.2, -0.15) is 4.99 Å². The third kappa shape index (κ3) is 5.96. The van der Waals surface area contributed by atoms with E-state index in [1.54, 1.807) is 6.08 Å². The van der Waals surface area contributed by atoms with Crippen molar-refractivity contribution in [2.75, 3.05) is 23.9 Å². The number of halogens is 1. The van der Waals surface area contributed by atoms with Crippen LogP contribution in [0, 0.1) is 0 Å². The molecule has 2 amide bonds. The fourth-order valence-electron chi connectivity index (χ4n) is 3.94. The molecule has 4 rings (SSSR count). The number of nitrogens with zero attached hydrogens (tertiary/aromatic N) is 2. The standard InChI is InChI=1S/C24H24BrN3O4S3/c1-3-10-28-16-9-8-14(25)11-18(16)35-24(28)27-20(30)13-33-12-19(29)26-22-21(23(31)32-2)15-6-4-5-7-17(15)34-22/h3,8-9,11H,1,4-7,10,12-13H2,2H3,(H,26,29). The van der Waals surface area contributed by atoms with E-state index in [-0.39, 0.29) is 23.3 Å². The van der Waals surface area contributed by atoms with Crippen LogP contribution in [0.5, 0.6) is 0 Å². The van der Waals surface area contributed by atoms with Gasteiger partial charge in [0.1, 0.15) is 5.00 Å². The molecule has 3 aromatic rings. The smallest absolute Gasteiger partial charge is 0.341 e. The van der Waals surface area contributed by atoms with Crippen LogP contribution in [0.2, 0.25) is 0 Å². The van der Waals surface area contributed by atoms with Crippen LogP contribution < -0.4 is 10.1 Å². The second-order valence-electron chi connectivity index (χ2n) is 7.85. The lowest BCUT2D eigenvalue weighted by atomic mass is 9.95. The number of benzene rings is 1. The minimum absolute atomic E-state index is 0.0737. The van der Waals surface area contributed by atoms with E-state index in [0.717, 1.165) is 50.8 Å². The van der Waals surface area contributed by atoms with Crippen molar-refractivity contribution in [2.24, 2.45) is 4.99 Å². The van der Waals surface area contributed by atoms with Crippen LogP contribution >= 0.6 is 50.4 Å². The van der Waals surface area contributed by atoms with Crippen molar-refractivity contribution in [3.8, 4) is 0 Å². The van der Waals surface area contributed by atoms with Gasteiger partial charge in [-0.05, 0) is 49.4 Å². The SMILES string of the molecule is C=CCn1c(=NC(=O)CSCC(=O)Nc2sc3c(c2C(=O)OC)CCCC3)sc2cc(Br)ccc21. The lowest BCUT2D eigenvalue weighted by Crippen LogP contribution is -2.19. The molecule has 1 aromatic carbocycles. The van der Waals surface area contributed by atoms with Gasteiger partial charge in [0.15, 0.2) is 4.80 Å². The van der Waals surface area contributed by atoms with Crippen LogP contribution in [0.15, 0.2) is 40.3 Å². The van der Waals surface area contributed by atoms with E-state index in [0.29, 0.717) is 21.9 Å². The summed E-state index contributed by atoms with van der Waals surface area (Å²) in [7, 11) is 1.35. The summed E-state index contributed by atoms with van der Waals surface area (Å²) in [5, 5.41) is 3.39. The summed E-state index contributed by atoms with van der Waals surface area (Å²) < 4.78 is 8.87. The van der Waals surface area contributed by atoms with Gasteiger partial charge in [0.05, 0.1) is 34.4 Å². The zero-order valence-corrected chi connectivity index (χ0v) is 23.1. The van der Waals surface area contributed by atoms with E-state index < -0.39 is 5.97 Å². The van der Waals surface area contributed by atoms with Gasteiger partial charge in [-0.3, -0.25) is 9.59 Å². The Morgan fingerprint density at radius 2 is 2.06 bits per heavy atom. The first-order valence-electron chi connectivity index (χ1n) is 11.0. The molecular weight excluding hydrogens is 570 g/mol. The molecule has 1 aliphatic rings. The summed E-state index contributed by atoms with van der Waals surface area (Å²) in [6.45, 7) is 4.34. The number of rotatable bonds is 8. The predicted molar refractivity (Wildman–Crippen MR) is 147 cm³/mol. The Hall–Kier alpha value is -2.21. The normalized spacial score (nSPS) is 13.5. The topological polar surface area (TPSA) is 89.8 Å². The lowest BCUT2D eigenvalue weighted by Gasteiger charge is -2.11. The minimum atomic E-state index is -0.426. The summed E-state index contributed by atoms with van der Waals surface area (Å²) >= 11 is 7.54. The van der Waals surface area contributed by atoms with Crippen LogP contribution in [-0.2, 0) is 33.7 Å². The molecule has 0 fully saturated rings. The summed E-state index contributed by atoms with van der Waals surface area (Å²) in [4.78, 5) is 43.5. The lowest BCUT2D eigenvalue weighted by molar-refractivity contribution is -0.115. The number of nitrogens with one attached hydrogen (secondary N) is 1. The Kier molecular flexibility index (Phi) is 8.64. The quantitative estimate of drug-likeness (QED) is 0.287. The number of carbonyl (C=O) groups is 3.